The molecule has 5 heteroatoms. The quantitative estimate of drug-likeness (QED) is 0.579. The number of aromatic nitrogens is 2. The Hall–Kier alpha value is -1.04. The molecule has 0 aliphatic rings. The summed E-state index contributed by atoms with van der Waals surface area (Å²) < 4.78 is 2.09. The highest BCUT2D eigenvalue weighted by Crippen LogP contribution is 2.30. The van der Waals surface area contributed by atoms with Crippen LogP contribution in [0.4, 0.5) is 0 Å². The van der Waals surface area contributed by atoms with Gasteiger partial charge in [0.05, 0.1) is 11.0 Å². The Labute approximate surface area is 114 Å². The van der Waals surface area contributed by atoms with Gasteiger partial charge in [-0.2, -0.15) is 0 Å². The maximum Gasteiger partial charge on any atom is 0.0976 e. The van der Waals surface area contributed by atoms with Gasteiger partial charge in [-0.3, -0.25) is 9.97 Å². The molecule has 2 heterocycles. The lowest BCUT2D eigenvalue weighted by Gasteiger charge is -2.04. The van der Waals surface area contributed by atoms with E-state index in [0.717, 1.165) is 30.8 Å². The average Bonchev–Trinajstić information content (AvgIpc) is 2.30. The summed E-state index contributed by atoms with van der Waals surface area (Å²) in [5.74, 6) is 0. The topological polar surface area (TPSA) is 57.3 Å². The van der Waals surface area contributed by atoms with Gasteiger partial charge in [0.25, 0.3) is 0 Å². The smallest absolute Gasteiger partial charge is 0.0976 e. The molecule has 0 saturated carbocycles. The van der Waals surface area contributed by atoms with Crippen molar-refractivity contribution in [3.8, 4) is 0 Å². The van der Waals surface area contributed by atoms with Gasteiger partial charge in [0, 0.05) is 32.1 Å². The summed E-state index contributed by atoms with van der Waals surface area (Å²) in [5, 5.41) is 2.17. The molecule has 0 aliphatic heterocycles. The van der Waals surface area contributed by atoms with Crippen molar-refractivity contribution >= 4 is 53.7 Å². The number of fused-ring (bicyclic) bond motifs is 3. The van der Waals surface area contributed by atoms with Crippen LogP contribution >= 0.6 is 31.9 Å². The Kier molecular flexibility index (Phi) is 3.42. The van der Waals surface area contributed by atoms with E-state index in [1.807, 2.05) is 12.1 Å². The molecule has 0 fully saturated rings. The van der Waals surface area contributed by atoms with Crippen molar-refractivity contribution in [1.29, 1.82) is 0 Å². The summed E-state index contributed by atoms with van der Waals surface area (Å²) in [4.78, 5) is 8.80. The van der Waals surface area contributed by atoms with Gasteiger partial charge >= 0.3 is 0 Å². The highest BCUT2D eigenvalue weighted by Gasteiger charge is 2.06. The van der Waals surface area contributed by atoms with Gasteiger partial charge in [-0.25, -0.2) is 0 Å². The summed E-state index contributed by atoms with van der Waals surface area (Å²) >= 11 is 7.04. The molecule has 0 bridgehead atoms. The SMILES string of the molecule is Brc1ccnc2c1ccc1c(Br)ccnc12.O. The summed E-state index contributed by atoms with van der Waals surface area (Å²) in [6.45, 7) is 0. The molecule has 2 N–H and O–H groups in total. The Morgan fingerprint density at radius 1 is 0.706 bits per heavy atom. The van der Waals surface area contributed by atoms with E-state index < -0.39 is 0 Å². The zero-order valence-electron chi connectivity index (χ0n) is 8.61. The number of rotatable bonds is 0. The number of benzene rings is 1. The van der Waals surface area contributed by atoms with Crippen molar-refractivity contribution in [2.24, 2.45) is 0 Å². The van der Waals surface area contributed by atoms with Gasteiger partial charge in [0.2, 0.25) is 0 Å². The zero-order valence-corrected chi connectivity index (χ0v) is 11.8. The molecule has 0 amide bonds. The minimum absolute atomic E-state index is 0. The molecule has 0 aliphatic carbocycles. The summed E-state index contributed by atoms with van der Waals surface area (Å²) in [6.07, 6.45) is 3.57. The fourth-order valence-electron chi connectivity index (χ4n) is 1.76. The fraction of sp³-hybridized carbons (Fsp3) is 0. The first-order valence-electron chi connectivity index (χ1n) is 4.75. The van der Waals surface area contributed by atoms with Crippen LogP contribution in [0.3, 0.4) is 0 Å². The number of hydrogen-bond acceptors (Lipinski definition) is 2. The number of nitrogens with zero attached hydrogens (tertiary/aromatic N) is 2. The van der Waals surface area contributed by atoms with Gasteiger partial charge in [-0.1, -0.05) is 44.0 Å². The van der Waals surface area contributed by atoms with Gasteiger partial charge in [0.1, 0.15) is 0 Å². The van der Waals surface area contributed by atoms with Crippen molar-refractivity contribution in [2.45, 2.75) is 0 Å². The molecule has 0 radical (unpaired) electrons. The third-order valence-electron chi connectivity index (χ3n) is 2.51. The minimum atomic E-state index is 0. The van der Waals surface area contributed by atoms with Crippen molar-refractivity contribution < 1.29 is 5.48 Å². The highest BCUT2D eigenvalue weighted by molar-refractivity contribution is 9.11. The third-order valence-corrected chi connectivity index (χ3v) is 3.90. The Morgan fingerprint density at radius 2 is 1.12 bits per heavy atom. The van der Waals surface area contributed by atoms with Crippen molar-refractivity contribution in [2.75, 3.05) is 0 Å². The van der Waals surface area contributed by atoms with E-state index in [1.165, 1.54) is 0 Å². The third kappa shape index (κ3) is 1.94. The monoisotopic (exact) mass is 354 g/mol. The van der Waals surface area contributed by atoms with Crippen molar-refractivity contribution in [1.82, 2.24) is 9.97 Å². The first-order valence-corrected chi connectivity index (χ1v) is 6.33. The second-order valence-corrected chi connectivity index (χ2v) is 5.15. The molecule has 0 saturated heterocycles. The van der Waals surface area contributed by atoms with Crippen LogP contribution in [0, 0.1) is 0 Å². The average molecular weight is 356 g/mol. The van der Waals surface area contributed by atoms with E-state index >= 15 is 0 Å². The largest absolute Gasteiger partial charge is 0.412 e. The van der Waals surface area contributed by atoms with Gasteiger partial charge in [-0.05, 0) is 12.1 Å². The van der Waals surface area contributed by atoms with Crippen LogP contribution in [0.5, 0.6) is 0 Å². The van der Waals surface area contributed by atoms with E-state index in [9.17, 15) is 0 Å². The number of hydrogen-bond donors (Lipinski definition) is 0. The van der Waals surface area contributed by atoms with Crippen molar-refractivity contribution in [3.05, 3.63) is 45.6 Å². The molecule has 3 rings (SSSR count). The predicted octanol–water partition coefficient (Wildman–Crippen LogP) is 3.48. The lowest BCUT2D eigenvalue weighted by molar-refractivity contribution is 0.824. The van der Waals surface area contributed by atoms with Crippen LogP contribution < -0.4 is 0 Å². The van der Waals surface area contributed by atoms with Crippen LogP contribution in [-0.4, -0.2) is 15.4 Å². The summed E-state index contributed by atoms with van der Waals surface area (Å²) in [5.41, 5.74) is 1.85. The molecule has 3 nitrogen and oxygen atoms in total. The lowest BCUT2D eigenvalue weighted by Crippen LogP contribution is -1.86. The molecule has 17 heavy (non-hydrogen) atoms. The molecular weight excluding hydrogens is 348 g/mol. The van der Waals surface area contributed by atoms with E-state index in [0.29, 0.717) is 0 Å². The molecule has 0 unspecified atom stereocenters. The molecule has 86 valence electrons. The van der Waals surface area contributed by atoms with Crippen LogP contribution in [0.1, 0.15) is 0 Å². The molecule has 3 aromatic rings. The standard InChI is InChI=1S/C12H6Br2N2.H2O/c13-9-3-5-15-11-7(9)1-2-8-10(14)4-6-16-12(8)11;/h1-6H;1H2. The van der Waals surface area contributed by atoms with E-state index in [2.05, 4.69) is 54.0 Å². The number of halogens is 2. The Morgan fingerprint density at radius 3 is 1.53 bits per heavy atom. The van der Waals surface area contributed by atoms with E-state index in [-0.39, 0.29) is 5.48 Å². The second kappa shape index (κ2) is 4.68. The Balaban J connectivity index is 0.00000108. The van der Waals surface area contributed by atoms with Gasteiger partial charge in [0.15, 0.2) is 0 Å². The predicted molar refractivity (Wildman–Crippen MR) is 76.1 cm³/mol. The molecular formula is C12H8Br2N2O. The summed E-state index contributed by atoms with van der Waals surface area (Å²) in [6, 6.07) is 7.99. The van der Waals surface area contributed by atoms with Crippen LogP contribution in [0.15, 0.2) is 45.6 Å². The minimum Gasteiger partial charge on any atom is -0.412 e. The van der Waals surface area contributed by atoms with Crippen LogP contribution in [-0.2, 0) is 0 Å². The van der Waals surface area contributed by atoms with Crippen molar-refractivity contribution in [3.63, 3.8) is 0 Å². The van der Waals surface area contributed by atoms with Gasteiger partial charge < -0.3 is 5.48 Å². The molecule has 2 aromatic heterocycles. The zero-order chi connectivity index (χ0) is 11.1. The first kappa shape index (κ1) is 12.4. The van der Waals surface area contributed by atoms with Crippen LogP contribution in [0.2, 0.25) is 0 Å². The first-order chi connectivity index (χ1) is 7.77. The highest BCUT2D eigenvalue weighted by atomic mass is 79.9. The van der Waals surface area contributed by atoms with Crippen LogP contribution in [0.25, 0.3) is 21.8 Å². The molecule has 0 atom stereocenters. The normalized spacial score (nSPS) is 10.5. The van der Waals surface area contributed by atoms with Gasteiger partial charge in [-0.15, -0.1) is 0 Å². The molecule has 0 spiro atoms. The Bertz CT molecular complexity index is 640. The maximum absolute atomic E-state index is 4.40. The van der Waals surface area contributed by atoms with E-state index in [4.69, 9.17) is 0 Å². The maximum atomic E-state index is 4.40. The second-order valence-electron chi connectivity index (χ2n) is 3.44. The number of pyridine rings is 2. The lowest BCUT2D eigenvalue weighted by atomic mass is 10.1. The molecule has 1 aromatic carbocycles. The summed E-state index contributed by atoms with van der Waals surface area (Å²) in [7, 11) is 0. The fourth-order valence-corrected chi connectivity index (χ4v) is 2.64. The van der Waals surface area contributed by atoms with E-state index in [1.54, 1.807) is 12.4 Å².